The molecule has 2 aromatic carbocycles. The van der Waals surface area contributed by atoms with Gasteiger partial charge >= 0.3 is 0 Å². The van der Waals surface area contributed by atoms with E-state index in [0.717, 1.165) is 49.8 Å². The number of rotatable bonds is 4. The van der Waals surface area contributed by atoms with Crippen LogP contribution in [-0.2, 0) is 25.7 Å². The number of aryl methyl sites for hydroxylation is 4. The van der Waals surface area contributed by atoms with Gasteiger partial charge < -0.3 is 4.74 Å². The van der Waals surface area contributed by atoms with Crippen molar-refractivity contribution in [1.29, 1.82) is 0 Å². The highest BCUT2D eigenvalue weighted by Gasteiger charge is 2.08. The first-order valence-corrected chi connectivity index (χ1v) is 8.86. The van der Waals surface area contributed by atoms with Gasteiger partial charge in [0.15, 0.2) is 0 Å². The molecule has 0 atom stereocenters. The van der Waals surface area contributed by atoms with E-state index in [1.807, 2.05) is 0 Å². The molecule has 21 heavy (non-hydrogen) atoms. The van der Waals surface area contributed by atoms with Crippen molar-refractivity contribution in [2.24, 2.45) is 0 Å². The third-order valence-electron chi connectivity index (χ3n) is 4.08. The summed E-state index contributed by atoms with van der Waals surface area (Å²) in [5, 5.41) is 0.994. The molecule has 0 unspecified atom stereocenters. The lowest BCUT2D eigenvalue weighted by molar-refractivity contribution is 0.315. The standard InChI is InChI=1S/C19H21BrO/c20-12-1-13-21-19-14-17-7-6-15-2-4-16(5-3-15)8-10-18(19)11-9-17/h2-5,9,11,14H,1,6-8,10,12-13H2. The summed E-state index contributed by atoms with van der Waals surface area (Å²) in [6.07, 6.45) is 5.34. The number of alkyl halides is 1. The molecule has 0 heterocycles. The molecule has 2 aromatic rings. The van der Waals surface area contributed by atoms with E-state index in [-0.39, 0.29) is 0 Å². The van der Waals surface area contributed by atoms with Crippen molar-refractivity contribution in [3.63, 3.8) is 0 Å². The molecule has 0 amide bonds. The second-order valence-corrected chi connectivity index (χ2v) is 6.44. The van der Waals surface area contributed by atoms with Gasteiger partial charge in [-0.2, -0.15) is 0 Å². The Balaban J connectivity index is 1.85. The smallest absolute Gasteiger partial charge is 0.122 e. The summed E-state index contributed by atoms with van der Waals surface area (Å²) < 4.78 is 6.01. The number of halogens is 1. The van der Waals surface area contributed by atoms with Crippen molar-refractivity contribution in [3.05, 3.63) is 64.7 Å². The maximum Gasteiger partial charge on any atom is 0.122 e. The van der Waals surface area contributed by atoms with Crippen LogP contribution in [0.5, 0.6) is 5.75 Å². The Labute approximate surface area is 135 Å². The zero-order valence-electron chi connectivity index (χ0n) is 12.3. The zero-order valence-corrected chi connectivity index (χ0v) is 13.9. The van der Waals surface area contributed by atoms with E-state index in [1.165, 1.54) is 22.3 Å². The average molecular weight is 345 g/mol. The van der Waals surface area contributed by atoms with E-state index in [0.29, 0.717) is 0 Å². The number of hydrogen-bond donors (Lipinski definition) is 0. The number of benzene rings is 2. The Hall–Kier alpha value is -1.28. The van der Waals surface area contributed by atoms with Gasteiger partial charge in [-0.15, -0.1) is 0 Å². The van der Waals surface area contributed by atoms with Crippen LogP contribution in [0.25, 0.3) is 0 Å². The molecule has 1 nitrogen and oxygen atoms in total. The van der Waals surface area contributed by atoms with Gasteiger partial charge in [-0.1, -0.05) is 52.3 Å². The summed E-state index contributed by atoms with van der Waals surface area (Å²) in [5.41, 5.74) is 5.54. The molecule has 0 aliphatic heterocycles. The predicted octanol–water partition coefficient (Wildman–Crippen LogP) is 4.73. The summed E-state index contributed by atoms with van der Waals surface area (Å²) in [6, 6.07) is 15.9. The second kappa shape index (κ2) is 7.13. The van der Waals surface area contributed by atoms with Gasteiger partial charge in [-0.3, -0.25) is 0 Å². The molecule has 6 rings (SSSR count). The summed E-state index contributed by atoms with van der Waals surface area (Å²) in [4.78, 5) is 0. The van der Waals surface area contributed by atoms with Crippen LogP contribution in [0, 0.1) is 0 Å². The molecule has 0 saturated heterocycles. The highest BCUT2D eigenvalue weighted by atomic mass is 79.9. The summed E-state index contributed by atoms with van der Waals surface area (Å²) in [7, 11) is 0. The van der Waals surface area contributed by atoms with Crippen molar-refractivity contribution in [1.82, 2.24) is 0 Å². The number of hydrogen-bond acceptors (Lipinski definition) is 1. The van der Waals surface area contributed by atoms with Crippen LogP contribution in [0.4, 0.5) is 0 Å². The lowest BCUT2D eigenvalue weighted by atomic mass is 9.96. The van der Waals surface area contributed by atoms with Crippen LogP contribution in [0.1, 0.15) is 28.7 Å². The lowest BCUT2D eigenvalue weighted by Gasteiger charge is -2.15. The van der Waals surface area contributed by atoms with E-state index in [4.69, 9.17) is 4.74 Å². The Morgan fingerprint density at radius 2 is 1.43 bits per heavy atom. The molecule has 0 N–H and O–H groups in total. The quantitative estimate of drug-likeness (QED) is 0.575. The molecule has 0 radical (unpaired) electrons. The summed E-state index contributed by atoms with van der Waals surface area (Å²) >= 11 is 3.46. The molecular weight excluding hydrogens is 324 g/mol. The highest BCUT2D eigenvalue weighted by molar-refractivity contribution is 9.09. The second-order valence-electron chi connectivity index (χ2n) is 5.65. The molecule has 0 saturated carbocycles. The highest BCUT2D eigenvalue weighted by Crippen LogP contribution is 2.25. The fraction of sp³-hybridized carbons (Fsp3) is 0.368. The van der Waals surface area contributed by atoms with Crippen molar-refractivity contribution in [2.45, 2.75) is 32.1 Å². The van der Waals surface area contributed by atoms with Crippen LogP contribution in [0.2, 0.25) is 0 Å². The first-order valence-electron chi connectivity index (χ1n) is 7.73. The Morgan fingerprint density at radius 1 is 0.810 bits per heavy atom. The lowest BCUT2D eigenvalue weighted by Crippen LogP contribution is -2.04. The summed E-state index contributed by atoms with van der Waals surface area (Å²) in [6.45, 7) is 0.787. The number of ether oxygens (including phenoxy) is 1. The Kier molecular flexibility index (Phi) is 4.97. The van der Waals surface area contributed by atoms with Gasteiger partial charge in [0.2, 0.25) is 0 Å². The van der Waals surface area contributed by atoms with Crippen LogP contribution in [-0.4, -0.2) is 11.9 Å². The Bertz CT molecular complexity index is 589. The van der Waals surface area contributed by atoms with E-state index >= 15 is 0 Å². The van der Waals surface area contributed by atoms with E-state index < -0.39 is 0 Å². The minimum atomic E-state index is 0.787. The van der Waals surface area contributed by atoms with E-state index in [9.17, 15) is 0 Å². The minimum Gasteiger partial charge on any atom is -0.493 e. The molecule has 4 aliphatic rings. The molecule has 2 heteroatoms. The monoisotopic (exact) mass is 344 g/mol. The molecule has 110 valence electrons. The van der Waals surface area contributed by atoms with Gasteiger partial charge in [0.1, 0.15) is 5.75 Å². The molecule has 0 spiro atoms. The van der Waals surface area contributed by atoms with Gasteiger partial charge in [-0.25, -0.2) is 0 Å². The normalized spacial score (nSPS) is 13.8. The van der Waals surface area contributed by atoms with E-state index in [2.05, 4.69) is 58.4 Å². The fourth-order valence-electron chi connectivity index (χ4n) is 2.77. The van der Waals surface area contributed by atoms with Crippen molar-refractivity contribution in [2.75, 3.05) is 11.9 Å². The maximum absolute atomic E-state index is 6.01. The fourth-order valence-corrected chi connectivity index (χ4v) is 3.00. The first kappa shape index (κ1) is 14.6. The zero-order chi connectivity index (χ0) is 14.5. The SMILES string of the molecule is BrCCCOc1cc2ccc1CCc1ccc(cc1)CC2. The maximum atomic E-state index is 6.01. The van der Waals surface area contributed by atoms with Crippen LogP contribution in [0.3, 0.4) is 0 Å². The molecule has 4 aliphatic carbocycles. The third kappa shape index (κ3) is 3.88. The van der Waals surface area contributed by atoms with Crippen LogP contribution in [0.15, 0.2) is 42.5 Å². The van der Waals surface area contributed by atoms with Gasteiger partial charge in [0, 0.05) is 5.33 Å². The largest absolute Gasteiger partial charge is 0.493 e. The molecule has 0 aromatic heterocycles. The molecule has 4 bridgehead atoms. The van der Waals surface area contributed by atoms with Crippen molar-refractivity contribution >= 4 is 15.9 Å². The predicted molar refractivity (Wildman–Crippen MR) is 91.6 cm³/mol. The first-order chi connectivity index (χ1) is 10.3. The van der Waals surface area contributed by atoms with Gasteiger partial charge in [-0.05, 0) is 60.4 Å². The Morgan fingerprint density at radius 3 is 2.14 bits per heavy atom. The van der Waals surface area contributed by atoms with Gasteiger partial charge in [0.25, 0.3) is 0 Å². The third-order valence-corrected chi connectivity index (χ3v) is 4.64. The van der Waals surface area contributed by atoms with Crippen LogP contribution >= 0.6 is 15.9 Å². The van der Waals surface area contributed by atoms with E-state index in [1.54, 1.807) is 0 Å². The topological polar surface area (TPSA) is 9.23 Å². The minimum absolute atomic E-state index is 0.787. The molecule has 0 fully saturated rings. The van der Waals surface area contributed by atoms with Crippen LogP contribution < -0.4 is 4.74 Å². The average Bonchev–Trinajstić information content (AvgIpc) is 2.51. The molecular formula is C19H21BrO. The van der Waals surface area contributed by atoms with Crippen molar-refractivity contribution < 1.29 is 4.74 Å². The van der Waals surface area contributed by atoms with Gasteiger partial charge in [0.05, 0.1) is 6.61 Å². The summed E-state index contributed by atoms with van der Waals surface area (Å²) in [5.74, 6) is 1.09. The van der Waals surface area contributed by atoms with Crippen molar-refractivity contribution in [3.8, 4) is 5.75 Å².